The van der Waals surface area contributed by atoms with Crippen molar-refractivity contribution in [3.05, 3.63) is 218 Å². The average Bonchev–Trinajstić information content (AvgIpc) is 4.22. The molecule has 0 spiro atoms. The number of para-hydroxylation sites is 1. The van der Waals surface area contributed by atoms with Crippen molar-refractivity contribution in [3.8, 4) is 9.75 Å². The molecule has 0 saturated carbocycles. The summed E-state index contributed by atoms with van der Waals surface area (Å²) in [5.74, 6) is 0. The topological polar surface area (TPSA) is 21.1 Å². The number of likely N-dealkylation sites (tertiary alicyclic amines) is 1. The number of nitrogens with zero attached hydrogens (tertiary/aromatic N) is 3. The van der Waals surface area contributed by atoms with E-state index in [4.69, 9.17) is 0 Å². The minimum atomic E-state index is -4.76. The van der Waals surface area contributed by atoms with Crippen molar-refractivity contribution < 1.29 is 52.7 Å². The maximum Gasteiger partial charge on any atom is 0.416 e. The smallest absolute Gasteiger partial charge is 0.344 e. The van der Waals surface area contributed by atoms with Crippen LogP contribution in [0.25, 0.3) is 31.6 Å². The molecule has 10 rings (SSSR count). The van der Waals surface area contributed by atoms with Gasteiger partial charge in [0.15, 0.2) is 0 Å². The molecular formula is C60H61F12N3S2. The van der Waals surface area contributed by atoms with Crippen LogP contribution >= 0.6 is 22.7 Å². The normalized spacial score (nSPS) is 12.5. The fourth-order valence-corrected chi connectivity index (χ4v) is 9.13. The fourth-order valence-electron chi connectivity index (χ4n) is 7.43. The van der Waals surface area contributed by atoms with E-state index in [-0.39, 0.29) is 29.7 Å². The molecule has 0 amide bonds. The van der Waals surface area contributed by atoms with E-state index in [9.17, 15) is 52.7 Å². The van der Waals surface area contributed by atoms with Gasteiger partial charge in [-0.2, -0.15) is 52.7 Å². The highest BCUT2D eigenvalue weighted by Gasteiger charge is 2.37. The van der Waals surface area contributed by atoms with E-state index in [2.05, 4.69) is 134 Å². The second-order valence-electron chi connectivity index (χ2n) is 18.0. The quantitative estimate of drug-likeness (QED) is 0.161. The molecule has 1 saturated heterocycles. The van der Waals surface area contributed by atoms with Crippen LogP contribution in [0, 0.1) is 34.6 Å². The molecule has 4 aromatic heterocycles. The van der Waals surface area contributed by atoms with Gasteiger partial charge in [-0.3, -0.25) is 4.98 Å². The van der Waals surface area contributed by atoms with Crippen LogP contribution in [0.2, 0.25) is 0 Å². The van der Waals surface area contributed by atoms with Gasteiger partial charge in [0.1, 0.15) is 0 Å². The van der Waals surface area contributed by atoms with Crippen molar-refractivity contribution >= 4 is 44.5 Å². The molecule has 9 aromatic rings. The summed E-state index contributed by atoms with van der Waals surface area (Å²) in [5.41, 5.74) is 1.36. The molecule has 77 heavy (non-hydrogen) atoms. The number of halogens is 12. The standard InChI is InChI=1S/C14H13N.C10H8F6.C9H6F6.C9H8S2.C7H8.C6H7N.C5H11N/c1-10-7-8-12-11-5-3-4-6-13(11)15(2)14(12)9-10;1-2-6-3-7(9(11,12)13)5-8(4-6)10(14,15)16;1-5-2-6(8(10,11)12)4-7(3-5)9(13,14)15;1-7-4-5-9(11-7)8-3-2-6-10-8;1-7-5-3-2-4-6-7;1-6-2-4-7-5-3-6;1-6-4-2-3-5-6/h3-9H,1-2H3;3-5H,2H2,1H3;2-4H,1H3;2-6H,1H3;2-6H,1H3;2-5H,1H3;2-5H2,1H3. The first kappa shape index (κ1) is 63.1. The van der Waals surface area contributed by atoms with Crippen LogP contribution in [0.3, 0.4) is 0 Å². The predicted molar refractivity (Wildman–Crippen MR) is 291 cm³/mol. The van der Waals surface area contributed by atoms with Crippen molar-refractivity contribution in [2.24, 2.45) is 7.05 Å². The Balaban J connectivity index is 0.000000199. The van der Waals surface area contributed by atoms with Crippen molar-refractivity contribution in [1.29, 1.82) is 0 Å². The summed E-state index contributed by atoms with van der Waals surface area (Å²) in [6.45, 7) is 13.7. The Kier molecular flexibility index (Phi) is 23.6. The molecule has 3 nitrogen and oxygen atoms in total. The van der Waals surface area contributed by atoms with E-state index >= 15 is 0 Å². The summed E-state index contributed by atoms with van der Waals surface area (Å²) in [6.07, 6.45) is -12.5. The van der Waals surface area contributed by atoms with Crippen molar-refractivity contribution in [2.75, 3.05) is 20.1 Å². The molecule has 1 aliphatic rings. The molecule has 412 valence electrons. The first-order chi connectivity index (χ1) is 36.1. The lowest BCUT2D eigenvalue weighted by Gasteiger charge is -2.13. The molecule has 1 fully saturated rings. The molecule has 0 unspecified atom stereocenters. The first-order valence-electron chi connectivity index (χ1n) is 24.2. The van der Waals surface area contributed by atoms with Crippen LogP contribution < -0.4 is 0 Å². The van der Waals surface area contributed by atoms with Crippen LogP contribution in [0.5, 0.6) is 0 Å². The lowest BCUT2D eigenvalue weighted by molar-refractivity contribution is -0.144. The molecule has 0 radical (unpaired) electrons. The SMILES string of the molecule is CCc1cc(C(F)(F)F)cc(C(F)(F)F)c1.CN1CCCC1.Cc1cc(C(F)(F)F)cc(C(F)(F)F)c1.Cc1ccc(-c2cccs2)s1.Cc1ccc2c3ccccc3n(C)c2c1.Cc1ccccc1.Cc1ccncc1. The van der Waals surface area contributed by atoms with Crippen LogP contribution in [0.15, 0.2) is 163 Å². The van der Waals surface area contributed by atoms with Gasteiger partial charge in [0.2, 0.25) is 0 Å². The van der Waals surface area contributed by atoms with Gasteiger partial charge in [-0.05, 0) is 181 Å². The van der Waals surface area contributed by atoms with Crippen molar-refractivity contribution in [3.63, 3.8) is 0 Å². The van der Waals surface area contributed by atoms with Crippen molar-refractivity contribution in [1.82, 2.24) is 14.5 Å². The molecular weight excluding hydrogens is 1050 g/mol. The second-order valence-corrected chi connectivity index (χ2v) is 20.3. The van der Waals surface area contributed by atoms with Gasteiger partial charge in [-0.1, -0.05) is 79.2 Å². The number of hydrogen-bond donors (Lipinski definition) is 0. The van der Waals surface area contributed by atoms with Crippen molar-refractivity contribution in [2.45, 2.75) is 85.5 Å². The van der Waals surface area contributed by atoms with Gasteiger partial charge in [-0.15, -0.1) is 22.7 Å². The van der Waals surface area contributed by atoms with E-state index in [1.165, 1.54) is 92.9 Å². The van der Waals surface area contributed by atoms with E-state index in [0.29, 0.717) is 12.1 Å². The molecule has 17 heteroatoms. The molecule has 5 aromatic carbocycles. The summed E-state index contributed by atoms with van der Waals surface area (Å²) in [7, 11) is 4.30. The third-order valence-electron chi connectivity index (χ3n) is 11.5. The molecule has 0 N–H and O–H groups in total. The Morgan fingerprint density at radius 1 is 0.455 bits per heavy atom. The van der Waals surface area contributed by atoms with Gasteiger partial charge in [0.25, 0.3) is 0 Å². The van der Waals surface area contributed by atoms with E-state index in [1.807, 2.05) is 48.6 Å². The number of rotatable bonds is 2. The van der Waals surface area contributed by atoms with Gasteiger partial charge in [0.05, 0.1) is 22.3 Å². The second kappa shape index (κ2) is 28.8. The predicted octanol–water partition coefficient (Wildman–Crippen LogP) is 19.8. The Morgan fingerprint density at radius 3 is 1.35 bits per heavy atom. The zero-order valence-electron chi connectivity index (χ0n) is 43.8. The van der Waals surface area contributed by atoms with Crippen LogP contribution in [0.1, 0.15) is 74.7 Å². The molecule has 0 aliphatic carbocycles. The maximum atomic E-state index is 12.3. The Morgan fingerprint density at radius 2 is 0.948 bits per heavy atom. The number of pyridine rings is 1. The van der Waals surface area contributed by atoms with Gasteiger partial charge < -0.3 is 9.47 Å². The number of fused-ring (bicyclic) bond motifs is 3. The highest BCUT2D eigenvalue weighted by atomic mass is 32.1. The summed E-state index contributed by atoms with van der Waals surface area (Å²) < 4.78 is 149. The average molecular weight is 1120 g/mol. The fraction of sp³-hybridized carbons (Fsp3) is 0.283. The monoisotopic (exact) mass is 1120 g/mol. The highest BCUT2D eigenvalue weighted by Crippen LogP contribution is 2.38. The summed E-state index contributed by atoms with van der Waals surface area (Å²) in [4.78, 5) is 10.4. The van der Waals surface area contributed by atoms with Gasteiger partial charge >= 0.3 is 24.7 Å². The summed E-state index contributed by atoms with van der Waals surface area (Å²) in [6, 6.07) is 41.0. The Hall–Kier alpha value is -6.43. The minimum Gasteiger partial charge on any atom is -0.344 e. The van der Waals surface area contributed by atoms with Crippen LogP contribution in [0.4, 0.5) is 52.7 Å². The minimum absolute atomic E-state index is 0.0159. The number of benzene rings is 5. The molecule has 0 bridgehead atoms. The summed E-state index contributed by atoms with van der Waals surface area (Å²) in [5, 5.41) is 4.80. The molecule has 5 heterocycles. The first-order valence-corrected chi connectivity index (χ1v) is 25.9. The number of aryl methyl sites for hydroxylation is 7. The third kappa shape index (κ3) is 21.1. The third-order valence-corrected chi connectivity index (χ3v) is 13.5. The molecule has 1 aliphatic heterocycles. The lowest BCUT2D eigenvalue weighted by atomic mass is 10.0. The zero-order valence-corrected chi connectivity index (χ0v) is 45.5. The van der Waals surface area contributed by atoms with Gasteiger partial charge in [0, 0.05) is 55.9 Å². The van der Waals surface area contributed by atoms with E-state index < -0.39 is 47.0 Å². The number of alkyl halides is 12. The Labute approximate surface area is 450 Å². The highest BCUT2D eigenvalue weighted by molar-refractivity contribution is 7.21. The number of hydrogen-bond acceptors (Lipinski definition) is 4. The van der Waals surface area contributed by atoms with E-state index in [1.54, 1.807) is 23.7 Å². The maximum absolute atomic E-state index is 12.3. The zero-order chi connectivity index (χ0) is 57.1. The molecule has 0 atom stereocenters. The Bertz CT molecular complexity index is 3050. The number of thiophene rings is 2. The van der Waals surface area contributed by atoms with Gasteiger partial charge in [-0.25, -0.2) is 0 Å². The van der Waals surface area contributed by atoms with Crippen LogP contribution in [-0.2, 0) is 38.2 Å². The largest absolute Gasteiger partial charge is 0.416 e. The van der Waals surface area contributed by atoms with E-state index in [0.717, 1.165) is 12.1 Å². The summed E-state index contributed by atoms with van der Waals surface area (Å²) >= 11 is 3.66. The lowest BCUT2D eigenvalue weighted by Crippen LogP contribution is -2.11. The van der Waals surface area contributed by atoms with Crippen LogP contribution in [-0.4, -0.2) is 34.6 Å². The number of aromatic nitrogens is 2.